The Bertz CT molecular complexity index is 686. The molecule has 142 valence electrons. The number of nitrogens with zero attached hydrogens (tertiary/aromatic N) is 1. The summed E-state index contributed by atoms with van der Waals surface area (Å²) in [4.78, 5) is 3.99. The van der Waals surface area contributed by atoms with Gasteiger partial charge in [0.05, 0.1) is 10.5 Å². The maximum Gasteiger partial charge on any atom is 0.387 e. The maximum absolute atomic E-state index is 12.4. The molecular formula is C16H25F2N3O3S. The van der Waals surface area contributed by atoms with Crippen molar-refractivity contribution in [2.45, 2.75) is 38.7 Å². The van der Waals surface area contributed by atoms with Crippen LogP contribution in [-0.4, -0.2) is 45.1 Å². The van der Waals surface area contributed by atoms with Crippen molar-refractivity contribution in [1.82, 2.24) is 10.6 Å². The normalized spacial score (nSPS) is 13.0. The van der Waals surface area contributed by atoms with E-state index in [9.17, 15) is 17.2 Å². The molecule has 0 aromatic heterocycles. The Morgan fingerprint density at radius 2 is 1.88 bits per heavy atom. The standard InChI is InChI=1S/C16H25F2N3O3S/c1-16(2,3)25(22,23)10-9-20-15(19-4)21-11-12-7-5-6-8-13(12)24-14(17)18/h5-8,14H,9-11H2,1-4H3,(H2,19,20,21). The summed E-state index contributed by atoms with van der Waals surface area (Å²) >= 11 is 0. The number of alkyl halides is 2. The molecule has 6 nitrogen and oxygen atoms in total. The molecule has 0 spiro atoms. The molecule has 0 unspecified atom stereocenters. The Balaban J connectivity index is 2.59. The summed E-state index contributed by atoms with van der Waals surface area (Å²) in [6.45, 7) is 2.43. The number of hydrogen-bond acceptors (Lipinski definition) is 4. The van der Waals surface area contributed by atoms with E-state index in [2.05, 4.69) is 20.4 Å². The Labute approximate surface area is 147 Å². The van der Waals surface area contributed by atoms with Gasteiger partial charge in [-0.05, 0) is 26.8 Å². The van der Waals surface area contributed by atoms with Gasteiger partial charge >= 0.3 is 6.61 Å². The van der Waals surface area contributed by atoms with E-state index in [0.717, 1.165) is 0 Å². The minimum absolute atomic E-state index is 0.0394. The molecule has 0 amide bonds. The second-order valence-corrected chi connectivity index (χ2v) is 9.13. The lowest BCUT2D eigenvalue weighted by Gasteiger charge is -2.20. The number of benzene rings is 1. The Morgan fingerprint density at radius 1 is 1.24 bits per heavy atom. The van der Waals surface area contributed by atoms with Crippen LogP contribution in [-0.2, 0) is 16.4 Å². The molecule has 0 atom stereocenters. The number of para-hydroxylation sites is 1. The van der Waals surface area contributed by atoms with E-state index in [1.165, 1.54) is 13.1 Å². The molecule has 0 heterocycles. The summed E-state index contributed by atoms with van der Waals surface area (Å²) in [6.07, 6.45) is 0. The van der Waals surface area contributed by atoms with Crippen LogP contribution in [0.2, 0.25) is 0 Å². The molecule has 0 radical (unpaired) electrons. The largest absolute Gasteiger partial charge is 0.434 e. The van der Waals surface area contributed by atoms with Gasteiger partial charge in [0.2, 0.25) is 0 Å². The van der Waals surface area contributed by atoms with E-state index in [0.29, 0.717) is 11.5 Å². The van der Waals surface area contributed by atoms with E-state index in [1.807, 2.05) is 0 Å². The maximum atomic E-state index is 12.4. The Morgan fingerprint density at radius 3 is 2.44 bits per heavy atom. The fraction of sp³-hybridized carbons (Fsp3) is 0.562. The van der Waals surface area contributed by atoms with Crippen LogP contribution in [0.25, 0.3) is 0 Å². The van der Waals surface area contributed by atoms with Crippen LogP contribution in [0, 0.1) is 0 Å². The van der Waals surface area contributed by atoms with Crippen LogP contribution in [0.1, 0.15) is 26.3 Å². The summed E-state index contributed by atoms with van der Waals surface area (Å²) in [5, 5.41) is 5.84. The number of sulfone groups is 1. The van der Waals surface area contributed by atoms with Crippen molar-refractivity contribution in [3.05, 3.63) is 29.8 Å². The van der Waals surface area contributed by atoms with Crippen LogP contribution in [0.4, 0.5) is 8.78 Å². The van der Waals surface area contributed by atoms with Gasteiger partial charge in [-0.25, -0.2) is 8.42 Å². The number of hydrogen-bond donors (Lipinski definition) is 2. The zero-order chi connectivity index (χ0) is 19.1. The van der Waals surface area contributed by atoms with Crippen LogP contribution < -0.4 is 15.4 Å². The average molecular weight is 377 g/mol. The van der Waals surface area contributed by atoms with Crippen LogP contribution in [0.15, 0.2) is 29.3 Å². The predicted molar refractivity (Wildman–Crippen MR) is 94.8 cm³/mol. The van der Waals surface area contributed by atoms with E-state index < -0.39 is 21.2 Å². The first kappa shape index (κ1) is 21.1. The van der Waals surface area contributed by atoms with Crippen LogP contribution >= 0.6 is 0 Å². The zero-order valence-electron chi connectivity index (χ0n) is 14.8. The molecule has 0 aliphatic carbocycles. The monoisotopic (exact) mass is 377 g/mol. The van der Waals surface area contributed by atoms with Gasteiger partial charge in [-0.1, -0.05) is 18.2 Å². The predicted octanol–water partition coefficient (Wildman–Crippen LogP) is 2.17. The molecular weight excluding hydrogens is 352 g/mol. The number of nitrogens with one attached hydrogen (secondary N) is 2. The highest BCUT2D eigenvalue weighted by Crippen LogP contribution is 2.20. The molecule has 0 fully saturated rings. The summed E-state index contributed by atoms with van der Waals surface area (Å²) < 4.78 is 52.6. The molecule has 1 aromatic rings. The fourth-order valence-corrected chi connectivity index (χ4v) is 2.85. The van der Waals surface area contributed by atoms with Gasteiger partial charge in [0.15, 0.2) is 15.8 Å². The fourth-order valence-electron chi connectivity index (χ4n) is 1.87. The van der Waals surface area contributed by atoms with E-state index in [-0.39, 0.29) is 24.6 Å². The number of halogens is 2. The molecule has 0 saturated carbocycles. The number of ether oxygens (including phenoxy) is 1. The summed E-state index contributed by atoms with van der Waals surface area (Å²) in [5.74, 6) is 0.411. The quantitative estimate of drug-likeness (QED) is 0.562. The summed E-state index contributed by atoms with van der Waals surface area (Å²) in [7, 11) is -1.70. The van der Waals surface area contributed by atoms with Gasteiger partial charge in [-0.2, -0.15) is 8.78 Å². The van der Waals surface area contributed by atoms with Gasteiger partial charge in [0.25, 0.3) is 0 Å². The SMILES string of the molecule is CN=C(NCCS(=O)(=O)C(C)(C)C)NCc1ccccc1OC(F)F. The molecule has 1 aromatic carbocycles. The van der Waals surface area contributed by atoms with Crippen molar-refractivity contribution >= 4 is 15.8 Å². The first-order valence-corrected chi connectivity index (χ1v) is 9.41. The molecule has 0 saturated heterocycles. The minimum Gasteiger partial charge on any atom is -0.434 e. The van der Waals surface area contributed by atoms with Crippen molar-refractivity contribution in [2.24, 2.45) is 4.99 Å². The van der Waals surface area contributed by atoms with Gasteiger partial charge in [0.1, 0.15) is 5.75 Å². The lowest BCUT2D eigenvalue weighted by molar-refractivity contribution is -0.0504. The van der Waals surface area contributed by atoms with Crippen molar-refractivity contribution in [3.63, 3.8) is 0 Å². The van der Waals surface area contributed by atoms with Gasteiger partial charge in [-0.15, -0.1) is 0 Å². The Kier molecular flexibility index (Phi) is 7.60. The lowest BCUT2D eigenvalue weighted by Crippen LogP contribution is -2.41. The molecule has 2 N–H and O–H groups in total. The van der Waals surface area contributed by atoms with E-state index in [4.69, 9.17) is 0 Å². The van der Waals surface area contributed by atoms with Crippen LogP contribution in [0.3, 0.4) is 0 Å². The number of guanidine groups is 1. The van der Waals surface area contributed by atoms with Gasteiger partial charge in [-0.3, -0.25) is 4.99 Å². The summed E-state index contributed by atoms with van der Waals surface area (Å²) in [5.41, 5.74) is 0.535. The highest BCUT2D eigenvalue weighted by atomic mass is 32.2. The molecule has 0 aliphatic heterocycles. The zero-order valence-corrected chi connectivity index (χ0v) is 15.7. The first-order chi connectivity index (χ1) is 11.6. The highest BCUT2D eigenvalue weighted by molar-refractivity contribution is 7.92. The lowest BCUT2D eigenvalue weighted by atomic mass is 10.2. The summed E-state index contributed by atoms with van der Waals surface area (Å²) in [6, 6.07) is 6.42. The van der Waals surface area contributed by atoms with Crippen molar-refractivity contribution < 1.29 is 21.9 Å². The third kappa shape index (κ3) is 6.85. The average Bonchev–Trinajstić information content (AvgIpc) is 2.50. The van der Waals surface area contributed by atoms with Crippen molar-refractivity contribution in [1.29, 1.82) is 0 Å². The Hall–Kier alpha value is -1.90. The first-order valence-electron chi connectivity index (χ1n) is 7.76. The molecule has 0 bridgehead atoms. The molecule has 25 heavy (non-hydrogen) atoms. The third-order valence-corrected chi connectivity index (χ3v) is 6.06. The van der Waals surface area contributed by atoms with E-state index >= 15 is 0 Å². The third-order valence-electron chi connectivity index (χ3n) is 3.45. The smallest absolute Gasteiger partial charge is 0.387 e. The van der Waals surface area contributed by atoms with Gasteiger partial charge < -0.3 is 15.4 Å². The number of aliphatic imine (C=N–C) groups is 1. The molecule has 1 rings (SSSR count). The molecule has 0 aliphatic rings. The minimum atomic E-state index is -3.24. The second kappa shape index (κ2) is 8.98. The van der Waals surface area contributed by atoms with Gasteiger partial charge in [0, 0.05) is 25.7 Å². The highest BCUT2D eigenvalue weighted by Gasteiger charge is 2.28. The van der Waals surface area contributed by atoms with E-state index in [1.54, 1.807) is 39.0 Å². The van der Waals surface area contributed by atoms with Crippen LogP contribution in [0.5, 0.6) is 5.75 Å². The topological polar surface area (TPSA) is 79.8 Å². The number of rotatable bonds is 7. The van der Waals surface area contributed by atoms with Crippen molar-refractivity contribution in [2.75, 3.05) is 19.3 Å². The molecule has 9 heteroatoms. The van der Waals surface area contributed by atoms with Crippen molar-refractivity contribution in [3.8, 4) is 5.75 Å². The second-order valence-electron chi connectivity index (χ2n) is 6.27.